The molecular weight excluding hydrogens is 389 g/mol. The van der Waals surface area contributed by atoms with Gasteiger partial charge < -0.3 is 9.47 Å². The largest absolute Gasteiger partial charge is 0.466 e. The van der Waals surface area contributed by atoms with E-state index < -0.39 is 5.41 Å². The molecule has 0 spiro atoms. The SMILES string of the molecule is CCCOC(=O)CCC(C#N)(CCC(=O)OCCC)c1ccc(Cl)c(Cl)c1. The third-order valence-electron chi connectivity index (χ3n) is 4.13. The van der Waals surface area contributed by atoms with Crippen LogP contribution in [0.2, 0.25) is 10.0 Å². The van der Waals surface area contributed by atoms with Crippen LogP contribution >= 0.6 is 23.2 Å². The Balaban J connectivity index is 3.01. The molecule has 0 N–H and O–H groups in total. The zero-order valence-corrected chi connectivity index (χ0v) is 17.2. The van der Waals surface area contributed by atoms with Gasteiger partial charge in [0, 0.05) is 12.8 Å². The summed E-state index contributed by atoms with van der Waals surface area (Å²) in [4.78, 5) is 23.9. The zero-order chi connectivity index (χ0) is 20.3. The highest BCUT2D eigenvalue weighted by Crippen LogP contribution is 2.37. The van der Waals surface area contributed by atoms with Crippen LogP contribution in [0.5, 0.6) is 0 Å². The number of esters is 2. The summed E-state index contributed by atoms with van der Waals surface area (Å²) in [6.07, 6.45) is 2.02. The fourth-order valence-electron chi connectivity index (χ4n) is 2.59. The minimum Gasteiger partial charge on any atom is -0.466 e. The lowest BCUT2D eigenvalue weighted by atomic mass is 9.74. The van der Waals surface area contributed by atoms with Gasteiger partial charge in [0.2, 0.25) is 0 Å². The molecule has 0 heterocycles. The Kier molecular flexibility index (Phi) is 10.2. The Hall–Kier alpha value is -1.77. The molecule has 27 heavy (non-hydrogen) atoms. The van der Waals surface area contributed by atoms with Crippen LogP contribution in [0.3, 0.4) is 0 Å². The van der Waals surface area contributed by atoms with Gasteiger partial charge in [-0.2, -0.15) is 5.26 Å². The van der Waals surface area contributed by atoms with E-state index in [2.05, 4.69) is 6.07 Å². The van der Waals surface area contributed by atoms with Gasteiger partial charge in [0.25, 0.3) is 0 Å². The number of halogens is 2. The quantitative estimate of drug-likeness (QED) is 0.464. The highest BCUT2D eigenvalue weighted by atomic mass is 35.5. The summed E-state index contributed by atoms with van der Waals surface area (Å²) >= 11 is 12.1. The molecule has 0 aliphatic carbocycles. The van der Waals surface area contributed by atoms with Crippen molar-refractivity contribution in [2.45, 2.75) is 57.8 Å². The molecule has 5 nitrogen and oxygen atoms in total. The van der Waals surface area contributed by atoms with Crippen molar-refractivity contribution >= 4 is 35.1 Å². The number of hydrogen-bond donors (Lipinski definition) is 0. The summed E-state index contributed by atoms with van der Waals surface area (Å²) < 4.78 is 10.2. The number of benzene rings is 1. The van der Waals surface area contributed by atoms with Crippen LogP contribution in [0.25, 0.3) is 0 Å². The first-order chi connectivity index (χ1) is 12.9. The second-order valence-corrected chi connectivity index (χ2v) is 7.08. The first kappa shape index (κ1) is 23.3. The molecule has 0 bridgehead atoms. The Morgan fingerprint density at radius 1 is 1.00 bits per heavy atom. The van der Waals surface area contributed by atoms with Gasteiger partial charge >= 0.3 is 11.9 Å². The third kappa shape index (κ3) is 7.40. The summed E-state index contributed by atoms with van der Waals surface area (Å²) in [5.41, 5.74) is -0.448. The van der Waals surface area contributed by atoms with Crippen LogP contribution in [0.1, 0.15) is 57.9 Å². The summed E-state index contributed by atoms with van der Waals surface area (Å²) in [6, 6.07) is 7.20. The van der Waals surface area contributed by atoms with Crippen molar-refractivity contribution in [3.63, 3.8) is 0 Å². The van der Waals surface area contributed by atoms with E-state index in [0.29, 0.717) is 28.8 Å². The number of ether oxygens (including phenoxy) is 2. The van der Waals surface area contributed by atoms with Crippen LogP contribution in [0.4, 0.5) is 0 Å². The number of hydrogen-bond acceptors (Lipinski definition) is 5. The molecule has 7 heteroatoms. The van der Waals surface area contributed by atoms with Gasteiger partial charge in [-0.3, -0.25) is 9.59 Å². The molecule has 0 atom stereocenters. The number of rotatable bonds is 11. The molecule has 0 aliphatic heterocycles. The smallest absolute Gasteiger partial charge is 0.305 e. The van der Waals surface area contributed by atoms with E-state index in [1.807, 2.05) is 13.8 Å². The molecule has 0 amide bonds. The normalized spacial score (nSPS) is 10.9. The van der Waals surface area contributed by atoms with E-state index in [-0.39, 0.29) is 37.6 Å². The number of nitriles is 1. The summed E-state index contributed by atoms with van der Waals surface area (Å²) in [5.74, 6) is -0.741. The number of carbonyl (C=O) groups is 2. The molecule has 0 saturated heterocycles. The van der Waals surface area contributed by atoms with Crippen LogP contribution < -0.4 is 0 Å². The maximum atomic E-state index is 11.9. The van der Waals surface area contributed by atoms with E-state index in [1.54, 1.807) is 18.2 Å². The van der Waals surface area contributed by atoms with Crippen molar-refractivity contribution < 1.29 is 19.1 Å². The number of carbonyl (C=O) groups excluding carboxylic acids is 2. The predicted molar refractivity (Wildman–Crippen MR) is 105 cm³/mol. The van der Waals surface area contributed by atoms with Crippen molar-refractivity contribution in [3.05, 3.63) is 33.8 Å². The van der Waals surface area contributed by atoms with Gasteiger partial charge in [-0.1, -0.05) is 43.1 Å². The topological polar surface area (TPSA) is 76.4 Å². The molecule has 0 fully saturated rings. The summed E-state index contributed by atoms with van der Waals surface area (Å²) in [5, 5.41) is 10.6. The first-order valence-corrected chi connectivity index (χ1v) is 9.82. The van der Waals surface area contributed by atoms with Gasteiger partial charge in [-0.25, -0.2) is 0 Å². The van der Waals surface area contributed by atoms with Crippen molar-refractivity contribution in [2.24, 2.45) is 0 Å². The molecule has 0 unspecified atom stereocenters. The molecule has 0 aliphatic rings. The van der Waals surface area contributed by atoms with Gasteiger partial charge in [0.1, 0.15) is 0 Å². The lowest BCUT2D eigenvalue weighted by Gasteiger charge is -2.27. The minimum absolute atomic E-state index is 0.0673. The number of nitrogens with zero attached hydrogens (tertiary/aromatic N) is 1. The Morgan fingerprint density at radius 3 is 1.93 bits per heavy atom. The average molecular weight is 414 g/mol. The highest BCUT2D eigenvalue weighted by Gasteiger charge is 2.34. The van der Waals surface area contributed by atoms with Crippen molar-refractivity contribution in [1.29, 1.82) is 5.26 Å². The van der Waals surface area contributed by atoms with Gasteiger partial charge in [0.15, 0.2) is 0 Å². The summed E-state index contributed by atoms with van der Waals surface area (Å²) in [6.45, 7) is 4.50. The van der Waals surface area contributed by atoms with Gasteiger partial charge in [0.05, 0.1) is 34.7 Å². The molecular formula is C20H25Cl2NO4. The van der Waals surface area contributed by atoms with Crippen molar-refractivity contribution in [1.82, 2.24) is 0 Å². The molecule has 0 saturated carbocycles. The lowest BCUT2D eigenvalue weighted by Crippen LogP contribution is -2.27. The van der Waals surface area contributed by atoms with Crippen LogP contribution in [0.15, 0.2) is 18.2 Å². The van der Waals surface area contributed by atoms with Gasteiger partial charge in [-0.05, 0) is 43.4 Å². The molecule has 148 valence electrons. The maximum Gasteiger partial charge on any atom is 0.305 e. The van der Waals surface area contributed by atoms with Crippen LogP contribution in [0, 0.1) is 11.3 Å². The zero-order valence-electron chi connectivity index (χ0n) is 15.7. The van der Waals surface area contributed by atoms with Gasteiger partial charge in [-0.15, -0.1) is 0 Å². The minimum atomic E-state index is -1.06. The molecule has 1 rings (SSSR count). The predicted octanol–water partition coefficient (Wildman–Crippen LogP) is 5.22. The van der Waals surface area contributed by atoms with Crippen molar-refractivity contribution in [2.75, 3.05) is 13.2 Å². The first-order valence-electron chi connectivity index (χ1n) is 9.06. The fraction of sp³-hybridized carbons (Fsp3) is 0.550. The molecule has 1 aromatic rings. The van der Waals surface area contributed by atoms with Crippen LogP contribution in [-0.4, -0.2) is 25.2 Å². The van der Waals surface area contributed by atoms with Crippen molar-refractivity contribution in [3.8, 4) is 6.07 Å². The highest BCUT2D eigenvalue weighted by molar-refractivity contribution is 6.42. The summed E-state index contributed by atoms with van der Waals surface area (Å²) in [7, 11) is 0. The van der Waals surface area contributed by atoms with E-state index >= 15 is 0 Å². The van der Waals surface area contributed by atoms with E-state index in [1.165, 1.54) is 0 Å². The molecule has 0 aromatic heterocycles. The third-order valence-corrected chi connectivity index (χ3v) is 4.87. The molecule has 0 radical (unpaired) electrons. The monoisotopic (exact) mass is 413 g/mol. The standard InChI is InChI=1S/C20H25Cl2NO4/c1-3-11-26-18(24)7-9-20(14-23,10-8-19(25)27-12-4-2)15-5-6-16(21)17(22)13-15/h5-6,13H,3-4,7-12H2,1-2H3. The Morgan fingerprint density at radius 2 is 1.52 bits per heavy atom. The van der Waals surface area contributed by atoms with E-state index in [9.17, 15) is 14.9 Å². The molecule has 1 aromatic carbocycles. The average Bonchev–Trinajstić information content (AvgIpc) is 2.67. The van der Waals surface area contributed by atoms with E-state index in [4.69, 9.17) is 32.7 Å². The Bertz CT molecular complexity index is 661. The van der Waals surface area contributed by atoms with E-state index in [0.717, 1.165) is 12.8 Å². The fourth-order valence-corrected chi connectivity index (χ4v) is 2.89. The second kappa shape index (κ2) is 11.8. The Labute approximate surface area is 170 Å². The maximum absolute atomic E-state index is 11.9. The van der Waals surface area contributed by atoms with Crippen LogP contribution in [-0.2, 0) is 24.5 Å². The lowest BCUT2D eigenvalue weighted by molar-refractivity contribution is -0.144. The second-order valence-electron chi connectivity index (χ2n) is 6.26.